The molecule has 0 heterocycles. The van der Waals surface area contributed by atoms with Gasteiger partial charge in [-0.3, -0.25) is 9.59 Å². The first-order valence-electron chi connectivity index (χ1n) is 9.35. The molecule has 0 spiro atoms. The van der Waals surface area contributed by atoms with E-state index in [1.807, 2.05) is 0 Å². The molecule has 8 heteroatoms. The molecule has 0 saturated carbocycles. The van der Waals surface area contributed by atoms with Gasteiger partial charge in [-0.25, -0.2) is 9.18 Å². The van der Waals surface area contributed by atoms with E-state index in [4.69, 9.17) is 9.47 Å². The fourth-order valence-electron chi connectivity index (χ4n) is 2.92. The third kappa shape index (κ3) is 6.88. The van der Waals surface area contributed by atoms with Gasteiger partial charge in [-0.2, -0.15) is 0 Å². The van der Waals surface area contributed by atoms with Crippen LogP contribution in [-0.4, -0.2) is 44.1 Å². The Bertz CT molecular complexity index is 868. The minimum Gasteiger partial charge on any atom is -0.497 e. The number of nitrogens with one attached hydrogen (secondary N) is 2. The van der Waals surface area contributed by atoms with E-state index >= 15 is 0 Å². The van der Waals surface area contributed by atoms with Gasteiger partial charge in [0.25, 0.3) is 0 Å². The zero-order valence-electron chi connectivity index (χ0n) is 17.1. The van der Waals surface area contributed by atoms with Gasteiger partial charge in [-0.05, 0) is 35.4 Å². The lowest BCUT2D eigenvalue weighted by Crippen LogP contribution is -2.53. The zero-order chi connectivity index (χ0) is 22.1. The van der Waals surface area contributed by atoms with E-state index in [1.165, 1.54) is 38.3 Å². The number of hydrogen-bond acceptors (Lipinski definition) is 5. The molecule has 0 radical (unpaired) electrons. The second-order valence-electron chi connectivity index (χ2n) is 6.72. The highest BCUT2D eigenvalue weighted by Crippen LogP contribution is 2.13. The molecule has 2 atom stereocenters. The minimum absolute atomic E-state index is 0.141. The average molecular weight is 416 g/mol. The maximum Gasteiger partial charge on any atom is 0.328 e. The van der Waals surface area contributed by atoms with Crippen LogP contribution >= 0.6 is 0 Å². The number of carbonyl (C=O) groups is 3. The van der Waals surface area contributed by atoms with Gasteiger partial charge < -0.3 is 20.1 Å². The van der Waals surface area contributed by atoms with E-state index < -0.39 is 35.7 Å². The van der Waals surface area contributed by atoms with Crippen LogP contribution in [0, 0.1) is 5.82 Å². The predicted octanol–water partition coefficient (Wildman–Crippen LogP) is 1.78. The Morgan fingerprint density at radius 2 is 1.40 bits per heavy atom. The fraction of sp³-hybridized carbons (Fsp3) is 0.318. The number of esters is 1. The number of carbonyl (C=O) groups excluding carboxylic acids is 3. The molecule has 0 aliphatic heterocycles. The molecule has 0 unspecified atom stereocenters. The Morgan fingerprint density at radius 3 is 1.90 bits per heavy atom. The molecule has 160 valence electrons. The molecule has 7 nitrogen and oxygen atoms in total. The van der Waals surface area contributed by atoms with Crippen LogP contribution < -0.4 is 15.4 Å². The normalized spacial score (nSPS) is 12.4. The molecule has 2 aromatic rings. The van der Waals surface area contributed by atoms with Crippen LogP contribution in [0.3, 0.4) is 0 Å². The number of hydrogen-bond donors (Lipinski definition) is 2. The van der Waals surface area contributed by atoms with E-state index in [0.29, 0.717) is 11.3 Å². The fourth-order valence-corrected chi connectivity index (χ4v) is 2.92. The van der Waals surface area contributed by atoms with Crippen molar-refractivity contribution >= 4 is 17.8 Å². The largest absolute Gasteiger partial charge is 0.497 e. The highest BCUT2D eigenvalue weighted by Gasteiger charge is 2.27. The Hall–Kier alpha value is -3.42. The summed E-state index contributed by atoms with van der Waals surface area (Å²) in [6.45, 7) is 1.29. The summed E-state index contributed by atoms with van der Waals surface area (Å²) >= 11 is 0. The Balaban J connectivity index is 2.14. The molecule has 2 amide bonds. The van der Waals surface area contributed by atoms with Crippen molar-refractivity contribution in [2.24, 2.45) is 0 Å². The van der Waals surface area contributed by atoms with Gasteiger partial charge in [0.1, 0.15) is 23.7 Å². The van der Waals surface area contributed by atoms with Crippen LogP contribution in [-0.2, 0) is 32.0 Å². The number of halogens is 1. The number of ether oxygens (including phenoxy) is 2. The van der Waals surface area contributed by atoms with Gasteiger partial charge >= 0.3 is 5.97 Å². The third-order valence-corrected chi connectivity index (χ3v) is 4.45. The van der Waals surface area contributed by atoms with Crippen molar-refractivity contribution in [3.05, 3.63) is 65.5 Å². The lowest BCUT2D eigenvalue weighted by atomic mass is 10.0. The molecule has 0 saturated heterocycles. The molecule has 30 heavy (non-hydrogen) atoms. The zero-order valence-corrected chi connectivity index (χ0v) is 17.1. The Morgan fingerprint density at radius 1 is 0.867 bits per heavy atom. The topological polar surface area (TPSA) is 93.7 Å². The van der Waals surface area contributed by atoms with E-state index in [-0.39, 0.29) is 12.8 Å². The molecule has 2 N–H and O–H groups in total. The Labute approximate surface area is 174 Å². The highest BCUT2D eigenvalue weighted by atomic mass is 19.1. The van der Waals surface area contributed by atoms with Gasteiger partial charge in [0.15, 0.2) is 0 Å². The van der Waals surface area contributed by atoms with Crippen LogP contribution in [0.25, 0.3) is 0 Å². The molecular weight excluding hydrogens is 391 g/mol. The summed E-state index contributed by atoms with van der Waals surface area (Å²) in [4.78, 5) is 36.6. The highest BCUT2D eigenvalue weighted by molar-refractivity contribution is 5.90. The summed E-state index contributed by atoms with van der Waals surface area (Å²) in [6.07, 6.45) is 0.341. The molecule has 0 fully saturated rings. The molecular formula is C22H25FN2O5. The summed E-state index contributed by atoms with van der Waals surface area (Å²) in [5, 5.41) is 5.22. The first-order chi connectivity index (χ1) is 14.3. The molecule has 0 aliphatic rings. The van der Waals surface area contributed by atoms with Crippen LogP contribution in [0.2, 0.25) is 0 Å². The molecule has 0 aliphatic carbocycles. The van der Waals surface area contributed by atoms with Crippen LogP contribution in [0.5, 0.6) is 5.75 Å². The lowest BCUT2D eigenvalue weighted by Gasteiger charge is -2.22. The lowest BCUT2D eigenvalue weighted by molar-refractivity contribution is -0.145. The number of rotatable bonds is 9. The van der Waals surface area contributed by atoms with Crippen molar-refractivity contribution in [1.82, 2.24) is 10.6 Å². The average Bonchev–Trinajstić information content (AvgIpc) is 2.73. The van der Waals surface area contributed by atoms with Gasteiger partial charge in [0, 0.05) is 19.8 Å². The molecule has 2 rings (SSSR count). The molecule has 2 aromatic carbocycles. The quantitative estimate of drug-likeness (QED) is 0.608. The van der Waals surface area contributed by atoms with Crippen molar-refractivity contribution in [1.29, 1.82) is 0 Å². The summed E-state index contributed by atoms with van der Waals surface area (Å²) in [6, 6.07) is 10.8. The first kappa shape index (κ1) is 22.9. The standard InChI is InChI=1S/C22H25FN2O5/c1-14(26)24-19(12-15-4-8-17(23)9-5-15)21(27)25-20(22(28)30-3)13-16-6-10-18(29-2)11-7-16/h4-11,19-20H,12-13H2,1-3H3,(H,24,26)(H,25,27)/t19-,20+/m0/s1. The van der Waals surface area contributed by atoms with Gasteiger partial charge in [0.2, 0.25) is 11.8 Å². The van der Waals surface area contributed by atoms with E-state index in [1.54, 1.807) is 31.4 Å². The Kier molecular flexibility index (Phi) is 8.34. The minimum atomic E-state index is -0.944. The van der Waals surface area contributed by atoms with Crippen LogP contribution in [0.15, 0.2) is 48.5 Å². The van der Waals surface area contributed by atoms with Crippen molar-refractivity contribution in [3.63, 3.8) is 0 Å². The van der Waals surface area contributed by atoms with E-state index in [0.717, 1.165) is 5.56 Å². The van der Waals surface area contributed by atoms with Gasteiger partial charge in [-0.15, -0.1) is 0 Å². The van der Waals surface area contributed by atoms with Crippen molar-refractivity contribution in [2.75, 3.05) is 14.2 Å². The summed E-state index contributed by atoms with van der Waals surface area (Å²) in [5.74, 6) is -1.28. The summed E-state index contributed by atoms with van der Waals surface area (Å²) in [5.41, 5.74) is 1.45. The predicted molar refractivity (Wildman–Crippen MR) is 108 cm³/mol. The smallest absolute Gasteiger partial charge is 0.328 e. The third-order valence-electron chi connectivity index (χ3n) is 4.45. The van der Waals surface area contributed by atoms with Crippen LogP contribution in [0.4, 0.5) is 4.39 Å². The van der Waals surface area contributed by atoms with Gasteiger partial charge in [-0.1, -0.05) is 24.3 Å². The van der Waals surface area contributed by atoms with Crippen molar-refractivity contribution in [2.45, 2.75) is 31.8 Å². The van der Waals surface area contributed by atoms with Crippen molar-refractivity contribution < 1.29 is 28.2 Å². The number of amides is 2. The SMILES string of the molecule is COC(=O)[C@@H](Cc1ccc(OC)cc1)NC(=O)[C@H](Cc1ccc(F)cc1)NC(C)=O. The molecule has 0 bridgehead atoms. The van der Waals surface area contributed by atoms with Gasteiger partial charge in [0.05, 0.1) is 14.2 Å². The van der Waals surface area contributed by atoms with Crippen molar-refractivity contribution in [3.8, 4) is 5.75 Å². The second kappa shape index (κ2) is 10.9. The number of methoxy groups -OCH3 is 2. The second-order valence-corrected chi connectivity index (χ2v) is 6.72. The van der Waals surface area contributed by atoms with E-state index in [9.17, 15) is 18.8 Å². The summed E-state index contributed by atoms with van der Waals surface area (Å²) < 4.78 is 23.1. The first-order valence-corrected chi connectivity index (χ1v) is 9.35. The molecule has 0 aromatic heterocycles. The maximum atomic E-state index is 13.1. The monoisotopic (exact) mass is 416 g/mol. The maximum absolute atomic E-state index is 13.1. The van der Waals surface area contributed by atoms with Crippen LogP contribution in [0.1, 0.15) is 18.1 Å². The van der Waals surface area contributed by atoms with E-state index in [2.05, 4.69) is 10.6 Å². The number of benzene rings is 2. The summed E-state index contributed by atoms with van der Waals surface area (Å²) in [7, 11) is 2.79.